The van der Waals surface area contributed by atoms with Crippen molar-refractivity contribution < 1.29 is 18.0 Å². The van der Waals surface area contributed by atoms with Gasteiger partial charge in [-0.15, -0.1) is 6.42 Å². The van der Waals surface area contributed by atoms with E-state index in [0.717, 1.165) is 0 Å². The second-order valence-electron chi connectivity index (χ2n) is 3.61. The molecule has 1 nitrogen and oxygen atoms in total. The molecule has 0 bridgehead atoms. The molecular formula is C10H11F3O. The molecule has 1 fully saturated rings. The number of rotatable bonds is 1. The van der Waals surface area contributed by atoms with Crippen molar-refractivity contribution in [2.24, 2.45) is 11.8 Å². The molecule has 0 N–H and O–H groups in total. The van der Waals surface area contributed by atoms with Crippen LogP contribution in [0.4, 0.5) is 13.2 Å². The van der Waals surface area contributed by atoms with Crippen LogP contribution < -0.4 is 0 Å². The zero-order valence-electron chi connectivity index (χ0n) is 7.60. The van der Waals surface area contributed by atoms with Crippen LogP contribution in [0.3, 0.4) is 0 Å². The molecule has 0 saturated heterocycles. The molecule has 1 aliphatic carbocycles. The maximum absolute atomic E-state index is 12.3. The standard InChI is InChI=1S/C10H11F3O/c1-2-9(14)7-4-3-5-8(6-7)10(11,12)13/h1,7-8H,3-6H2. The molecule has 0 aromatic rings. The van der Waals surface area contributed by atoms with E-state index in [1.54, 1.807) is 0 Å². The van der Waals surface area contributed by atoms with Gasteiger partial charge in [-0.3, -0.25) is 4.79 Å². The second-order valence-corrected chi connectivity index (χ2v) is 3.61. The zero-order chi connectivity index (χ0) is 10.8. The van der Waals surface area contributed by atoms with Gasteiger partial charge in [0.25, 0.3) is 0 Å². The van der Waals surface area contributed by atoms with Crippen LogP contribution in [0, 0.1) is 24.2 Å². The molecule has 0 spiro atoms. The van der Waals surface area contributed by atoms with Crippen LogP contribution in [-0.2, 0) is 4.79 Å². The van der Waals surface area contributed by atoms with Crippen molar-refractivity contribution in [2.45, 2.75) is 31.9 Å². The highest BCUT2D eigenvalue weighted by atomic mass is 19.4. The number of carbonyl (C=O) groups excluding carboxylic acids is 1. The molecule has 2 unspecified atom stereocenters. The summed E-state index contributed by atoms with van der Waals surface area (Å²) in [5, 5.41) is 0. The minimum Gasteiger partial charge on any atom is -0.285 e. The molecule has 14 heavy (non-hydrogen) atoms. The fraction of sp³-hybridized carbons (Fsp3) is 0.700. The Morgan fingerprint density at radius 3 is 2.50 bits per heavy atom. The first-order valence-electron chi connectivity index (χ1n) is 4.52. The van der Waals surface area contributed by atoms with Gasteiger partial charge in [-0.05, 0) is 25.2 Å². The van der Waals surface area contributed by atoms with E-state index < -0.39 is 23.8 Å². The molecule has 1 aliphatic rings. The summed E-state index contributed by atoms with van der Waals surface area (Å²) in [4.78, 5) is 11.0. The van der Waals surface area contributed by atoms with E-state index in [-0.39, 0.29) is 12.8 Å². The zero-order valence-corrected chi connectivity index (χ0v) is 7.60. The van der Waals surface area contributed by atoms with Crippen molar-refractivity contribution in [3.05, 3.63) is 0 Å². The van der Waals surface area contributed by atoms with E-state index >= 15 is 0 Å². The number of hydrogen-bond acceptors (Lipinski definition) is 1. The first kappa shape index (κ1) is 11.1. The largest absolute Gasteiger partial charge is 0.391 e. The van der Waals surface area contributed by atoms with Crippen LogP contribution in [0.25, 0.3) is 0 Å². The summed E-state index contributed by atoms with van der Waals surface area (Å²) in [6.07, 6.45) is 1.61. The van der Waals surface area contributed by atoms with Crippen molar-refractivity contribution in [3.8, 4) is 12.3 Å². The van der Waals surface area contributed by atoms with Gasteiger partial charge in [-0.2, -0.15) is 13.2 Å². The van der Waals surface area contributed by atoms with Crippen molar-refractivity contribution in [2.75, 3.05) is 0 Å². The van der Waals surface area contributed by atoms with Crippen LogP contribution in [-0.4, -0.2) is 12.0 Å². The number of ketones is 1. The third-order valence-electron chi connectivity index (χ3n) is 2.65. The average molecular weight is 204 g/mol. The molecule has 0 aromatic carbocycles. The first-order chi connectivity index (χ1) is 6.45. The fourth-order valence-corrected chi connectivity index (χ4v) is 1.84. The van der Waals surface area contributed by atoms with Gasteiger partial charge in [-0.25, -0.2) is 0 Å². The van der Waals surface area contributed by atoms with E-state index in [4.69, 9.17) is 6.42 Å². The molecule has 78 valence electrons. The average Bonchev–Trinajstić information content (AvgIpc) is 2.15. The van der Waals surface area contributed by atoms with E-state index in [1.165, 1.54) is 0 Å². The minimum atomic E-state index is -4.19. The highest BCUT2D eigenvalue weighted by molar-refractivity contribution is 5.96. The Morgan fingerprint density at radius 1 is 1.36 bits per heavy atom. The van der Waals surface area contributed by atoms with Crippen molar-refractivity contribution in [1.82, 2.24) is 0 Å². The Labute approximate surface area is 80.7 Å². The third kappa shape index (κ3) is 2.50. The van der Waals surface area contributed by atoms with Crippen LogP contribution >= 0.6 is 0 Å². The molecule has 4 heteroatoms. The summed E-state index contributed by atoms with van der Waals surface area (Å²) in [6, 6.07) is 0. The van der Waals surface area contributed by atoms with Crippen LogP contribution in [0.5, 0.6) is 0 Å². The Hall–Kier alpha value is -0.980. The summed E-state index contributed by atoms with van der Waals surface area (Å²) in [6.45, 7) is 0. The number of halogens is 3. The monoisotopic (exact) mass is 204 g/mol. The lowest BCUT2D eigenvalue weighted by molar-refractivity contribution is -0.185. The van der Waals surface area contributed by atoms with Gasteiger partial charge in [0.1, 0.15) is 0 Å². The van der Waals surface area contributed by atoms with Crippen LogP contribution in [0.2, 0.25) is 0 Å². The lowest BCUT2D eigenvalue weighted by atomic mass is 9.79. The SMILES string of the molecule is C#CC(=O)C1CCCC(C(F)(F)F)C1. The van der Waals surface area contributed by atoms with Crippen LogP contribution in [0.15, 0.2) is 0 Å². The van der Waals surface area contributed by atoms with Gasteiger partial charge in [0, 0.05) is 5.92 Å². The summed E-state index contributed by atoms with van der Waals surface area (Å²) >= 11 is 0. The van der Waals surface area contributed by atoms with Gasteiger partial charge < -0.3 is 0 Å². The smallest absolute Gasteiger partial charge is 0.285 e. The Kier molecular flexibility index (Phi) is 3.20. The van der Waals surface area contributed by atoms with Crippen molar-refractivity contribution in [3.63, 3.8) is 0 Å². The molecule has 1 saturated carbocycles. The molecular weight excluding hydrogens is 193 g/mol. The molecule has 0 radical (unpaired) electrons. The third-order valence-corrected chi connectivity index (χ3v) is 2.65. The number of Topliss-reactive ketones (excluding diaryl/α,β-unsaturated/α-hetero) is 1. The Bertz CT molecular complexity index is 262. The van der Waals surface area contributed by atoms with Crippen molar-refractivity contribution >= 4 is 5.78 Å². The normalized spacial score (nSPS) is 28.1. The van der Waals surface area contributed by atoms with E-state index in [1.807, 2.05) is 5.92 Å². The maximum atomic E-state index is 12.3. The molecule has 0 aromatic heterocycles. The van der Waals surface area contributed by atoms with Gasteiger partial charge in [-0.1, -0.05) is 6.42 Å². The second kappa shape index (κ2) is 4.04. The number of alkyl halides is 3. The van der Waals surface area contributed by atoms with E-state index in [0.29, 0.717) is 12.8 Å². The summed E-state index contributed by atoms with van der Waals surface area (Å²) in [5.74, 6) is -0.518. The number of terminal acetylenes is 1. The van der Waals surface area contributed by atoms with Gasteiger partial charge in [0.05, 0.1) is 5.92 Å². The summed E-state index contributed by atoms with van der Waals surface area (Å²) in [5.41, 5.74) is 0. The predicted octanol–water partition coefficient (Wildman–Crippen LogP) is 2.56. The lowest BCUT2D eigenvalue weighted by Crippen LogP contribution is -2.31. The van der Waals surface area contributed by atoms with Gasteiger partial charge in [0.15, 0.2) is 0 Å². The van der Waals surface area contributed by atoms with E-state index in [9.17, 15) is 18.0 Å². The summed E-state index contributed by atoms with van der Waals surface area (Å²) in [7, 11) is 0. The predicted molar refractivity (Wildman–Crippen MR) is 45.3 cm³/mol. The summed E-state index contributed by atoms with van der Waals surface area (Å²) < 4.78 is 37.0. The molecule has 2 atom stereocenters. The quantitative estimate of drug-likeness (QED) is 0.474. The van der Waals surface area contributed by atoms with Gasteiger partial charge >= 0.3 is 6.18 Å². The number of hydrogen-bond donors (Lipinski definition) is 0. The highest BCUT2D eigenvalue weighted by Crippen LogP contribution is 2.39. The molecule has 0 aliphatic heterocycles. The lowest BCUT2D eigenvalue weighted by Gasteiger charge is -2.28. The fourth-order valence-electron chi connectivity index (χ4n) is 1.84. The van der Waals surface area contributed by atoms with Crippen LogP contribution in [0.1, 0.15) is 25.7 Å². The van der Waals surface area contributed by atoms with Crippen molar-refractivity contribution in [1.29, 1.82) is 0 Å². The maximum Gasteiger partial charge on any atom is 0.391 e. The molecule has 0 heterocycles. The molecule has 1 rings (SSSR count). The topological polar surface area (TPSA) is 17.1 Å². The number of carbonyl (C=O) groups is 1. The van der Waals surface area contributed by atoms with E-state index in [2.05, 4.69) is 0 Å². The molecule has 0 amide bonds. The minimum absolute atomic E-state index is 0.123. The van der Waals surface area contributed by atoms with Gasteiger partial charge in [0.2, 0.25) is 5.78 Å². The Balaban J connectivity index is 2.62. The first-order valence-corrected chi connectivity index (χ1v) is 4.52. The Morgan fingerprint density at radius 2 is 2.00 bits per heavy atom. The highest BCUT2D eigenvalue weighted by Gasteiger charge is 2.43.